The van der Waals surface area contributed by atoms with Gasteiger partial charge in [-0.15, -0.1) is 0 Å². The molecule has 0 atom stereocenters. The third kappa shape index (κ3) is 3.28. The Balaban J connectivity index is 0.000000386. The van der Waals surface area contributed by atoms with Crippen LogP contribution < -0.4 is 0 Å². The van der Waals surface area contributed by atoms with Crippen LogP contribution in [0.1, 0.15) is 50.2 Å². The zero-order valence-electron chi connectivity index (χ0n) is 16.0. The summed E-state index contributed by atoms with van der Waals surface area (Å²) in [7, 11) is 0. The first-order valence-corrected chi connectivity index (χ1v) is 9.29. The molecule has 5 rings (SSSR count). The largest absolute Gasteiger partial charge is 0.287 e. The standard InChI is InChI=1S/C17H8N4O.C3H8.C2H6/c22-17-10-4-2-1-3-9(10)15-16(17)21-14-8-12-11(7-13(14)20-15)18-5-6-19-12;1-3-2;1-2/h1-8H;3H2,1-2H3;1-2H3. The summed E-state index contributed by atoms with van der Waals surface area (Å²) in [5.74, 6) is -0.0701. The van der Waals surface area contributed by atoms with E-state index in [0.29, 0.717) is 22.5 Å². The van der Waals surface area contributed by atoms with Crippen LogP contribution in [0.4, 0.5) is 0 Å². The van der Waals surface area contributed by atoms with E-state index >= 15 is 0 Å². The number of benzene rings is 2. The van der Waals surface area contributed by atoms with Gasteiger partial charge in [0.15, 0.2) is 0 Å². The van der Waals surface area contributed by atoms with Crippen LogP contribution in [0.2, 0.25) is 0 Å². The smallest absolute Gasteiger partial charge is 0.214 e. The molecule has 0 fully saturated rings. The van der Waals surface area contributed by atoms with Crippen molar-refractivity contribution in [1.82, 2.24) is 19.9 Å². The molecule has 0 bridgehead atoms. The van der Waals surface area contributed by atoms with E-state index in [2.05, 4.69) is 33.8 Å². The van der Waals surface area contributed by atoms with Crippen LogP contribution in [0.3, 0.4) is 0 Å². The molecule has 2 aromatic heterocycles. The fraction of sp³-hybridized carbons (Fsp3) is 0.227. The summed E-state index contributed by atoms with van der Waals surface area (Å²) in [5.41, 5.74) is 5.45. The predicted octanol–water partition coefficient (Wildman–Crippen LogP) is 5.23. The van der Waals surface area contributed by atoms with Crippen LogP contribution in [0.15, 0.2) is 48.8 Å². The molecule has 2 aromatic carbocycles. The Hall–Kier alpha value is -3.21. The molecule has 0 saturated carbocycles. The fourth-order valence-corrected chi connectivity index (χ4v) is 2.88. The van der Waals surface area contributed by atoms with Gasteiger partial charge in [0.1, 0.15) is 11.4 Å². The first-order valence-electron chi connectivity index (χ1n) is 9.29. The molecule has 5 nitrogen and oxygen atoms in total. The van der Waals surface area contributed by atoms with E-state index in [0.717, 1.165) is 22.1 Å². The van der Waals surface area contributed by atoms with Crippen LogP contribution in [-0.2, 0) is 0 Å². The third-order valence-electron chi connectivity index (χ3n) is 3.90. The highest BCUT2D eigenvalue weighted by molar-refractivity contribution is 6.20. The Morgan fingerprint density at radius 3 is 1.78 bits per heavy atom. The maximum atomic E-state index is 12.5. The first-order chi connectivity index (χ1) is 13.2. The SMILES string of the molecule is CC.CCC.O=C1c2ccccc2-c2nc3cc4nccnc4cc3nc21. The van der Waals surface area contributed by atoms with Gasteiger partial charge in [-0.3, -0.25) is 14.8 Å². The summed E-state index contributed by atoms with van der Waals surface area (Å²) in [6.07, 6.45) is 4.53. The lowest BCUT2D eigenvalue weighted by atomic mass is 10.1. The van der Waals surface area contributed by atoms with Gasteiger partial charge in [-0.2, -0.15) is 0 Å². The summed E-state index contributed by atoms with van der Waals surface area (Å²) in [5, 5.41) is 0. The second-order valence-electron chi connectivity index (χ2n) is 5.89. The van der Waals surface area contributed by atoms with Crippen molar-refractivity contribution in [1.29, 1.82) is 0 Å². The number of aromatic nitrogens is 4. The quantitative estimate of drug-likeness (QED) is 0.355. The summed E-state index contributed by atoms with van der Waals surface area (Å²) in [6, 6.07) is 11.1. The predicted molar refractivity (Wildman–Crippen MR) is 109 cm³/mol. The highest BCUT2D eigenvalue weighted by Gasteiger charge is 2.29. The molecule has 0 aliphatic heterocycles. The lowest BCUT2D eigenvalue weighted by Gasteiger charge is -2.03. The second-order valence-corrected chi connectivity index (χ2v) is 5.89. The van der Waals surface area contributed by atoms with E-state index in [4.69, 9.17) is 0 Å². The molecule has 27 heavy (non-hydrogen) atoms. The minimum Gasteiger partial charge on any atom is -0.287 e. The average molecular weight is 358 g/mol. The molecule has 0 spiro atoms. The molecule has 0 N–H and O–H groups in total. The topological polar surface area (TPSA) is 68.6 Å². The van der Waals surface area contributed by atoms with Crippen molar-refractivity contribution in [3.05, 3.63) is 60.0 Å². The van der Waals surface area contributed by atoms with Gasteiger partial charge in [0.2, 0.25) is 5.78 Å². The minimum atomic E-state index is -0.0701. The number of ketones is 1. The normalized spacial score (nSPS) is 11.2. The summed E-state index contributed by atoms with van der Waals surface area (Å²) >= 11 is 0. The average Bonchev–Trinajstić information content (AvgIpc) is 2.99. The Morgan fingerprint density at radius 2 is 1.22 bits per heavy atom. The van der Waals surface area contributed by atoms with Crippen molar-refractivity contribution >= 4 is 27.9 Å². The van der Waals surface area contributed by atoms with Gasteiger partial charge in [-0.25, -0.2) is 9.97 Å². The number of rotatable bonds is 0. The number of nitrogens with zero attached hydrogens (tertiary/aromatic N) is 4. The number of hydrogen-bond acceptors (Lipinski definition) is 5. The van der Waals surface area contributed by atoms with Crippen molar-refractivity contribution in [2.45, 2.75) is 34.1 Å². The molecule has 0 unspecified atom stereocenters. The molecule has 4 aromatic rings. The molecule has 1 aliphatic rings. The summed E-state index contributed by atoms with van der Waals surface area (Å²) < 4.78 is 0. The molecule has 1 aliphatic carbocycles. The van der Waals surface area contributed by atoms with Gasteiger partial charge >= 0.3 is 0 Å². The van der Waals surface area contributed by atoms with Crippen molar-refractivity contribution in [2.75, 3.05) is 0 Å². The molecular weight excluding hydrogens is 336 g/mol. The summed E-state index contributed by atoms with van der Waals surface area (Å²) in [4.78, 5) is 30.2. The lowest BCUT2D eigenvalue weighted by Crippen LogP contribution is -2.00. The zero-order valence-corrected chi connectivity index (χ0v) is 16.0. The fourth-order valence-electron chi connectivity index (χ4n) is 2.88. The van der Waals surface area contributed by atoms with Crippen molar-refractivity contribution in [3.8, 4) is 11.3 Å². The maximum Gasteiger partial charge on any atom is 0.214 e. The highest BCUT2D eigenvalue weighted by Crippen LogP contribution is 2.35. The molecule has 0 amide bonds. The van der Waals surface area contributed by atoms with Gasteiger partial charge in [0, 0.05) is 23.5 Å². The zero-order chi connectivity index (χ0) is 19.4. The van der Waals surface area contributed by atoms with E-state index in [1.807, 2.05) is 50.2 Å². The Labute approximate surface area is 158 Å². The van der Waals surface area contributed by atoms with Crippen LogP contribution in [0.5, 0.6) is 0 Å². The van der Waals surface area contributed by atoms with E-state index in [1.54, 1.807) is 12.4 Å². The molecular formula is C22H22N4O. The van der Waals surface area contributed by atoms with Crippen molar-refractivity contribution in [3.63, 3.8) is 0 Å². The maximum absolute atomic E-state index is 12.5. The van der Waals surface area contributed by atoms with Gasteiger partial charge < -0.3 is 0 Å². The molecule has 2 heterocycles. The van der Waals surface area contributed by atoms with Gasteiger partial charge in [0.25, 0.3) is 0 Å². The Kier molecular flexibility index (Phi) is 5.50. The van der Waals surface area contributed by atoms with Gasteiger partial charge in [-0.05, 0) is 12.1 Å². The second kappa shape index (κ2) is 7.99. The summed E-state index contributed by atoms with van der Waals surface area (Å²) in [6.45, 7) is 8.25. The highest BCUT2D eigenvalue weighted by atomic mass is 16.1. The minimum absolute atomic E-state index is 0.0701. The van der Waals surface area contributed by atoms with E-state index < -0.39 is 0 Å². The number of fused-ring (bicyclic) bond motifs is 5. The van der Waals surface area contributed by atoms with Crippen LogP contribution in [0, 0.1) is 0 Å². The van der Waals surface area contributed by atoms with Crippen LogP contribution >= 0.6 is 0 Å². The molecule has 136 valence electrons. The van der Waals surface area contributed by atoms with E-state index in [1.165, 1.54) is 6.42 Å². The van der Waals surface area contributed by atoms with E-state index in [9.17, 15) is 4.79 Å². The molecule has 0 saturated heterocycles. The monoisotopic (exact) mass is 358 g/mol. The first kappa shape index (κ1) is 18.6. The number of hydrogen-bond donors (Lipinski definition) is 0. The van der Waals surface area contributed by atoms with E-state index in [-0.39, 0.29) is 5.78 Å². The van der Waals surface area contributed by atoms with Crippen molar-refractivity contribution in [2.24, 2.45) is 0 Å². The lowest BCUT2D eigenvalue weighted by molar-refractivity contribution is 0.103. The Bertz CT molecular complexity index is 1120. The number of carbonyl (C=O) groups excluding carboxylic acids is 1. The van der Waals surface area contributed by atoms with Crippen LogP contribution in [0.25, 0.3) is 33.3 Å². The Morgan fingerprint density at radius 1 is 0.741 bits per heavy atom. The van der Waals surface area contributed by atoms with Crippen molar-refractivity contribution < 1.29 is 4.79 Å². The molecule has 5 heteroatoms. The third-order valence-corrected chi connectivity index (χ3v) is 3.90. The number of carbonyl (C=O) groups is 1. The van der Waals surface area contributed by atoms with Gasteiger partial charge in [-0.1, -0.05) is 58.4 Å². The van der Waals surface area contributed by atoms with Crippen LogP contribution in [-0.4, -0.2) is 25.7 Å². The van der Waals surface area contributed by atoms with Gasteiger partial charge in [0.05, 0.1) is 22.1 Å². The molecule has 0 radical (unpaired) electrons.